The minimum Gasteiger partial charge on any atom is -0.458 e. The van der Waals surface area contributed by atoms with Crippen LogP contribution in [0.5, 0.6) is 6.01 Å². The van der Waals surface area contributed by atoms with Crippen molar-refractivity contribution in [2.75, 3.05) is 13.1 Å². The lowest BCUT2D eigenvalue weighted by atomic mass is 10.1. The van der Waals surface area contributed by atoms with Gasteiger partial charge in [0, 0.05) is 35.1 Å². The lowest BCUT2D eigenvalue weighted by Gasteiger charge is -2.32. The van der Waals surface area contributed by atoms with Gasteiger partial charge in [0.2, 0.25) is 0 Å². The molecule has 1 aliphatic rings. The van der Waals surface area contributed by atoms with E-state index in [1.54, 1.807) is 24.0 Å². The highest BCUT2D eigenvalue weighted by Gasteiger charge is 2.27. The zero-order chi connectivity index (χ0) is 19.6. The van der Waals surface area contributed by atoms with Gasteiger partial charge >= 0.3 is 6.01 Å². The van der Waals surface area contributed by atoms with E-state index in [1.807, 2.05) is 19.9 Å². The van der Waals surface area contributed by atoms with Gasteiger partial charge in [-0.25, -0.2) is 9.97 Å². The average Bonchev–Trinajstić information content (AvgIpc) is 2.60. The number of likely N-dealkylation sites (tertiary alicyclic amines) is 1. The summed E-state index contributed by atoms with van der Waals surface area (Å²) >= 11 is 0. The van der Waals surface area contributed by atoms with E-state index >= 15 is 0 Å². The maximum absolute atomic E-state index is 12.8. The van der Waals surface area contributed by atoms with Crippen molar-refractivity contribution in [3.8, 4) is 6.01 Å². The monoisotopic (exact) mass is 370 g/mol. The molecule has 0 N–H and O–H groups in total. The lowest BCUT2D eigenvalue weighted by Crippen LogP contribution is -2.44. The van der Waals surface area contributed by atoms with E-state index in [-0.39, 0.29) is 17.7 Å². The fraction of sp³-hybridized carbons (Fsp3) is 0.421. The zero-order valence-corrected chi connectivity index (χ0v) is 15.6. The van der Waals surface area contributed by atoms with Crippen LogP contribution in [0, 0.1) is 30.9 Å². The summed E-state index contributed by atoms with van der Waals surface area (Å²) in [6, 6.07) is 6.76. The van der Waals surface area contributed by atoms with Crippen LogP contribution in [0.3, 0.4) is 0 Å². The van der Waals surface area contributed by atoms with Gasteiger partial charge in [0.15, 0.2) is 0 Å². The number of aryl methyl sites for hydroxylation is 3. The first-order chi connectivity index (χ1) is 12.8. The van der Waals surface area contributed by atoms with Crippen LogP contribution in [-0.2, 0) is 0 Å². The normalized spacial score (nSPS) is 16.9. The largest absolute Gasteiger partial charge is 0.458 e. The van der Waals surface area contributed by atoms with Crippen LogP contribution in [0.1, 0.15) is 40.2 Å². The third kappa shape index (κ3) is 4.39. The summed E-state index contributed by atoms with van der Waals surface area (Å²) in [5.74, 6) is -0.229. The Morgan fingerprint density at radius 3 is 2.59 bits per heavy atom. The zero-order valence-electron chi connectivity index (χ0n) is 15.6. The summed E-state index contributed by atoms with van der Waals surface area (Å²) in [7, 11) is 0. The molecular weight excluding hydrogens is 348 g/mol. The Balaban J connectivity index is 1.73. The maximum atomic E-state index is 12.8. The van der Waals surface area contributed by atoms with Crippen LogP contribution in [0.15, 0.2) is 24.3 Å². The topological polar surface area (TPSA) is 98.5 Å². The van der Waals surface area contributed by atoms with E-state index in [2.05, 4.69) is 9.97 Å². The number of hydrogen-bond acceptors (Lipinski definition) is 6. The predicted octanol–water partition coefficient (Wildman–Crippen LogP) is 2.99. The highest BCUT2D eigenvalue weighted by molar-refractivity contribution is 5.95. The van der Waals surface area contributed by atoms with Crippen molar-refractivity contribution in [3.05, 3.63) is 56.9 Å². The summed E-state index contributed by atoms with van der Waals surface area (Å²) in [6.07, 6.45) is 1.38. The number of nitro groups is 1. The molecule has 2 heterocycles. The number of hydrogen-bond donors (Lipinski definition) is 0. The Kier molecular flexibility index (Phi) is 5.34. The van der Waals surface area contributed by atoms with Gasteiger partial charge in [-0.05, 0) is 45.7 Å². The molecule has 1 aromatic carbocycles. The van der Waals surface area contributed by atoms with Crippen LogP contribution in [-0.4, -0.2) is 44.9 Å². The van der Waals surface area contributed by atoms with Gasteiger partial charge in [-0.1, -0.05) is 6.07 Å². The number of nitrogens with zero attached hydrogens (tertiary/aromatic N) is 4. The fourth-order valence-electron chi connectivity index (χ4n) is 3.24. The predicted molar refractivity (Wildman–Crippen MR) is 98.9 cm³/mol. The molecule has 1 aromatic heterocycles. The Morgan fingerprint density at radius 1 is 1.22 bits per heavy atom. The molecule has 1 saturated heterocycles. The summed E-state index contributed by atoms with van der Waals surface area (Å²) in [6.45, 7) is 6.40. The number of aromatic nitrogens is 2. The van der Waals surface area contributed by atoms with E-state index < -0.39 is 4.92 Å². The van der Waals surface area contributed by atoms with Gasteiger partial charge in [0.05, 0.1) is 11.5 Å². The summed E-state index contributed by atoms with van der Waals surface area (Å²) in [4.78, 5) is 33.7. The smallest absolute Gasteiger partial charge is 0.317 e. The van der Waals surface area contributed by atoms with Crippen LogP contribution in [0.4, 0.5) is 5.69 Å². The average molecular weight is 370 g/mol. The molecule has 27 heavy (non-hydrogen) atoms. The first-order valence-electron chi connectivity index (χ1n) is 8.87. The Morgan fingerprint density at radius 2 is 1.93 bits per heavy atom. The molecule has 1 fully saturated rings. The second kappa shape index (κ2) is 7.69. The molecule has 3 rings (SSSR count). The summed E-state index contributed by atoms with van der Waals surface area (Å²) < 4.78 is 5.89. The van der Waals surface area contributed by atoms with Crippen molar-refractivity contribution in [1.29, 1.82) is 0 Å². The third-order valence-electron chi connectivity index (χ3n) is 4.55. The number of nitro benzene ring substituents is 1. The van der Waals surface area contributed by atoms with Gasteiger partial charge in [0.25, 0.3) is 11.6 Å². The molecule has 142 valence electrons. The van der Waals surface area contributed by atoms with E-state index in [9.17, 15) is 14.9 Å². The highest BCUT2D eigenvalue weighted by atomic mass is 16.6. The molecule has 0 aliphatic carbocycles. The molecule has 2 aromatic rings. The summed E-state index contributed by atoms with van der Waals surface area (Å²) in [5, 5.41) is 11.1. The third-order valence-corrected chi connectivity index (χ3v) is 4.55. The molecule has 0 radical (unpaired) electrons. The number of ether oxygens (including phenoxy) is 1. The maximum Gasteiger partial charge on any atom is 0.317 e. The number of amides is 1. The van der Waals surface area contributed by atoms with Gasteiger partial charge in [0.1, 0.15) is 6.10 Å². The van der Waals surface area contributed by atoms with Crippen molar-refractivity contribution in [1.82, 2.24) is 14.9 Å². The number of carbonyl (C=O) groups is 1. The number of piperidine rings is 1. The Labute approximate surface area is 157 Å². The van der Waals surface area contributed by atoms with Gasteiger partial charge in [-0.2, -0.15) is 0 Å². The molecular formula is C19H22N4O4. The minimum absolute atomic E-state index is 0.0469. The lowest BCUT2D eigenvalue weighted by molar-refractivity contribution is -0.385. The highest BCUT2D eigenvalue weighted by Crippen LogP contribution is 2.22. The van der Waals surface area contributed by atoms with Crippen LogP contribution >= 0.6 is 0 Å². The number of rotatable bonds is 4. The van der Waals surface area contributed by atoms with Gasteiger partial charge < -0.3 is 9.64 Å². The standard InChI is InChI=1S/C19H22N4O4/c1-12-6-7-15(10-17(12)23(25)26)18(24)22-8-4-5-16(11-22)27-19-20-13(2)9-14(3)21-19/h6-7,9-10,16H,4-5,8,11H2,1-3H3. The molecule has 1 unspecified atom stereocenters. The first-order valence-corrected chi connectivity index (χ1v) is 8.87. The molecule has 0 bridgehead atoms. The van der Waals surface area contributed by atoms with Crippen LogP contribution in [0.2, 0.25) is 0 Å². The van der Waals surface area contributed by atoms with Gasteiger partial charge in [-0.3, -0.25) is 14.9 Å². The molecule has 0 saturated carbocycles. The van der Waals surface area contributed by atoms with Crippen molar-refractivity contribution < 1.29 is 14.5 Å². The summed E-state index contributed by atoms with van der Waals surface area (Å²) in [5.41, 5.74) is 2.45. The quantitative estimate of drug-likeness (QED) is 0.606. The Bertz CT molecular complexity index is 864. The van der Waals surface area contributed by atoms with E-state index in [4.69, 9.17) is 4.74 Å². The van der Waals surface area contributed by atoms with E-state index in [1.165, 1.54) is 6.07 Å². The minimum atomic E-state index is -0.467. The second-order valence-electron chi connectivity index (χ2n) is 6.82. The first kappa shape index (κ1) is 18.8. The Hall–Kier alpha value is -3.03. The van der Waals surface area contributed by atoms with Crippen LogP contribution < -0.4 is 4.74 Å². The van der Waals surface area contributed by atoms with Crippen molar-refractivity contribution in [3.63, 3.8) is 0 Å². The molecule has 0 spiro atoms. The SMILES string of the molecule is Cc1cc(C)nc(OC2CCCN(C(=O)c3ccc(C)c([N+](=O)[O-])c3)C2)n1. The number of carbonyl (C=O) groups excluding carboxylic acids is 1. The molecule has 1 atom stereocenters. The van der Waals surface area contributed by atoms with Crippen molar-refractivity contribution in [2.45, 2.75) is 39.7 Å². The van der Waals surface area contributed by atoms with Crippen molar-refractivity contribution >= 4 is 11.6 Å². The van der Waals surface area contributed by atoms with Crippen molar-refractivity contribution in [2.24, 2.45) is 0 Å². The van der Waals surface area contributed by atoms with Gasteiger partial charge in [-0.15, -0.1) is 0 Å². The van der Waals surface area contributed by atoms with E-state index in [0.717, 1.165) is 24.2 Å². The van der Waals surface area contributed by atoms with Crippen LogP contribution in [0.25, 0.3) is 0 Å². The number of benzene rings is 1. The fourth-order valence-corrected chi connectivity index (χ4v) is 3.24. The molecule has 1 amide bonds. The second-order valence-corrected chi connectivity index (χ2v) is 6.82. The molecule has 8 nitrogen and oxygen atoms in total. The molecule has 8 heteroatoms. The van der Waals surface area contributed by atoms with E-state index in [0.29, 0.717) is 30.2 Å². The molecule has 1 aliphatic heterocycles.